The molecule has 0 aromatic rings. The molecule has 0 saturated heterocycles. The average molecular weight is 584 g/mol. The van der Waals surface area contributed by atoms with Crippen molar-refractivity contribution >= 4 is 0 Å². The monoisotopic (exact) mass is 584 g/mol. The van der Waals surface area contributed by atoms with Crippen LogP contribution in [0, 0.1) is 52.3 Å². The maximum atomic E-state index is 7.20. The smallest absolute Gasteiger partial charge is 0.0466 e. The summed E-state index contributed by atoms with van der Waals surface area (Å²) in [6, 6.07) is 0.427. The first-order valence-electron chi connectivity index (χ1n) is 19.2. The zero-order valence-corrected chi connectivity index (χ0v) is 29.1. The minimum atomic E-state index is 0.427. The molecule has 2 heteroatoms. The molecule has 2 nitrogen and oxygen atoms in total. The molecule has 2 N–H and O–H groups in total. The van der Waals surface area contributed by atoms with Crippen molar-refractivity contribution in [2.45, 2.75) is 175 Å². The van der Waals surface area contributed by atoms with Crippen LogP contribution in [0.25, 0.3) is 0 Å². The Hall–Kier alpha value is -0.340. The molecule has 0 heterocycles. The second kappa shape index (κ2) is 16.3. The van der Waals surface area contributed by atoms with E-state index >= 15 is 0 Å². The van der Waals surface area contributed by atoms with Gasteiger partial charge in [-0.3, -0.25) is 0 Å². The molecular weight excluding hydrogens is 510 g/mol. The normalized spacial score (nSPS) is 38.5. The number of fused-ring (bicyclic) bond motifs is 5. The number of rotatable bonds is 18. The Morgan fingerprint density at radius 2 is 1.48 bits per heavy atom. The average Bonchev–Trinajstić information content (AvgIpc) is 3.34. The molecule has 10 unspecified atom stereocenters. The molecule has 10 atom stereocenters. The predicted octanol–water partition coefficient (Wildman–Crippen LogP) is 11.5. The van der Waals surface area contributed by atoms with Crippen LogP contribution < -0.4 is 5.73 Å². The fourth-order valence-electron chi connectivity index (χ4n) is 11.4. The zero-order chi connectivity index (χ0) is 30.2. The molecule has 4 saturated carbocycles. The van der Waals surface area contributed by atoms with Gasteiger partial charge in [0.15, 0.2) is 0 Å². The van der Waals surface area contributed by atoms with Gasteiger partial charge >= 0.3 is 0 Å². The van der Waals surface area contributed by atoms with Gasteiger partial charge < -0.3 is 10.5 Å². The van der Waals surface area contributed by atoms with Crippen molar-refractivity contribution in [3.63, 3.8) is 0 Å². The van der Waals surface area contributed by atoms with Crippen molar-refractivity contribution in [1.29, 1.82) is 0 Å². The first-order chi connectivity index (χ1) is 20.2. The Morgan fingerprint density at radius 3 is 2.21 bits per heavy atom. The van der Waals surface area contributed by atoms with Gasteiger partial charge in [0, 0.05) is 19.3 Å². The molecule has 42 heavy (non-hydrogen) atoms. The molecule has 4 aliphatic rings. The molecule has 0 amide bonds. The summed E-state index contributed by atoms with van der Waals surface area (Å²) in [5, 5.41) is 0. The largest absolute Gasteiger partial charge is 0.381 e. The highest BCUT2D eigenvalue weighted by Crippen LogP contribution is 2.68. The van der Waals surface area contributed by atoms with Crippen LogP contribution in [0.3, 0.4) is 0 Å². The Morgan fingerprint density at radius 1 is 0.810 bits per heavy atom. The topological polar surface area (TPSA) is 35.2 Å². The van der Waals surface area contributed by atoms with Crippen LogP contribution in [-0.2, 0) is 4.74 Å². The summed E-state index contributed by atoms with van der Waals surface area (Å²) in [5.41, 5.74) is 9.68. The van der Waals surface area contributed by atoms with Crippen molar-refractivity contribution < 1.29 is 4.74 Å². The third kappa shape index (κ3) is 8.08. The van der Waals surface area contributed by atoms with Crippen LogP contribution in [0.4, 0.5) is 0 Å². The minimum absolute atomic E-state index is 0.427. The van der Waals surface area contributed by atoms with Crippen LogP contribution in [0.1, 0.15) is 169 Å². The molecular formula is C40H73NO. The lowest BCUT2D eigenvalue weighted by Crippen LogP contribution is -2.59. The van der Waals surface area contributed by atoms with Crippen molar-refractivity contribution in [2.24, 2.45) is 58.0 Å². The summed E-state index contributed by atoms with van der Waals surface area (Å²) in [5.74, 6) is 6.12. The van der Waals surface area contributed by atoms with Gasteiger partial charge in [0.25, 0.3) is 0 Å². The van der Waals surface area contributed by atoms with Gasteiger partial charge in [0.2, 0.25) is 0 Å². The van der Waals surface area contributed by atoms with E-state index in [0.717, 1.165) is 61.1 Å². The number of unbranched alkanes of at least 4 members (excludes halogenated alkanes) is 7. The van der Waals surface area contributed by atoms with E-state index in [0.29, 0.717) is 16.9 Å². The molecule has 244 valence electrons. The first kappa shape index (κ1) is 34.5. The highest BCUT2D eigenvalue weighted by Gasteiger charge is 2.62. The Balaban J connectivity index is 1.20. The van der Waals surface area contributed by atoms with Gasteiger partial charge in [0.1, 0.15) is 0 Å². The lowest BCUT2D eigenvalue weighted by atomic mass is 9.43. The highest BCUT2D eigenvalue weighted by atomic mass is 16.5. The molecule has 0 spiro atoms. The van der Waals surface area contributed by atoms with E-state index in [1.807, 2.05) is 0 Å². The summed E-state index contributed by atoms with van der Waals surface area (Å²) >= 11 is 0. The Labute approximate surface area is 263 Å². The lowest BCUT2D eigenvalue weighted by molar-refractivity contribution is -0.129. The third-order valence-corrected chi connectivity index (χ3v) is 14.1. The van der Waals surface area contributed by atoms with E-state index < -0.39 is 0 Å². The highest BCUT2D eigenvalue weighted by molar-refractivity contribution is 5.12. The summed E-state index contributed by atoms with van der Waals surface area (Å²) in [4.78, 5) is 0. The maximum absolute atomic E-state index is 7.20. The molecule has 0 radical (unpaired) electrons. The number of allylic oxidation sites excluding steroid dienone is 1. The van der Waals surface area contributed by atoms with E-state index in [-0.39, 0.29) is 0 Å². The fourth-order valence-corrected chi connectivity index (χ4v) is 11.4. The second-order valence-electron chi connectivity index (χ2n) is 16.6. The van der Waals surface area contributed by atoms with Crippen LogP contribution in [-0.4, -0.2) is 19.3 Å². The molecule has 0 bridgehead atoms. The van der Waals surface area contributed by atoms with Crippen LogP contribution in [0.2, 0.25) is 0 Å². The maximum Gasteiger partial charge on any atom is 0.0466 e. The van der Waals surface area contributed by atoms with Gasteiger partial charge in [-0.2, -0.15) is 0 Å². The van der Waals surface area contributed by atoms with Crippen LogP contribution in [0.5, 0.6) is 0 Å². The van der Waals surface area contributed by atoms with E-state index in [4.69, 9.17) is 10.5 Å². The van der Waals surface area contributed by atoms with Gasteiger partial charge in [-0.25, -0.2) is 0 Å². The first-order valence-corrected chi connectivity index (χ1v) is 19.2. The summed E-state index contributed by atoms with van der Waals surface area (Å²) in [6.45, 7) is 18.8. The number of nitrogens with two attached hydrogens (primary N) is 1. The fraction of sp³-hybridized carbons (Fsp3) is 0.950. The molecule has 0 aliphatic heterocycles. The number of ether oxygens (including phenoxy) is 1. The van der Waals surface area contributed by atoms with Crippen LogP contribution in [0.15, 0.2) is 12.2 Å². The van der Waals surface area contributed by atoms with Crippen LogP contribution >= 0.6 is 0 Å². The lowest BCUT2D eigenvalue weighted by Gasteiger charge is -2.63. The predicted molar refractivity (Wildman–Crippen MR) is 183 cm³/mol. The van der Waals surface area contributed by atoms with Crippen molar-refractivity contribution in [3.8, 4) is 0 Å². The quantitative estimate of drug-likeness (QED) is 0.129. The SMILES string of the molecule is C=C(CC)CCC(C)C1CCC2C3CC(N)C4CC(CCCCOCCCCCCCCC)CCC4(C)C3CCC12C. The van der Waals surface area contributed by atoms with Gasteiger partial charge in [-0.1, -0.05) is 98.1 Å². The summed E-state index contributed by atoms with van der Waals surface area (Å²) in [6.07, 6.45) is 28.8. The van der Waals surface area contributed by atoms with Gasteiger partial charge in [0.05, 0.1) is 0 Å². The van der Waals surface area contributed by atoms with Crippen molar-refractivity contribution in [2.75, 3.05) is 13.2 Å². The van der Waals surface area contributed by atoms with Crippen molar-refractivity contribution in [1.82, 2.24) is 0 Å². The molecule has 4 fully saturated rings. The molecule has 4 aliphatic carbocycles. The number of hydrogen-bond acceptors (Lipinski definition) is 2. The van der Waals surface area contributed by atoms with Gasteiger partial charge in [-0.05, 0) is 136 Å². The third-order valence-electron chi connectivity index (χ3n) is 14.1. The molecule has 0 aromatic heterocycles. The second-order valence-corrected chi connectivity index (χ2v) is 16.6. The Bertz CT molecular complexity index is 807. The molecule has 4 rings (SSSR count). The minimum Gasteiger partial charge on any atom is -0.381 e. The summed E-state index contributed by atoms with van der Waals surface area (Å²) < 4.78 is 6.00. The zero-order valence-electron chi connectivity index (χ0n) is 29.1. The molecule has 0 aromatic carbocycles. The van der Waals surface area contributed by atoms with E-state index in [9.17, 15) is 0 Å². The number of hydrogen-bond donors (Lipinski definition) is 1. The van der Waals surface area contributed by atoms with Crippen molar-refractivity contribution in [3.05, 3.63) is 12.2 Å². The summed E-state index contributed by atoms with van der Waals surface area (Å²) in [7, 11) is 0. The van der Waals surface area contributed by atoms with E-state index in [1.165, 1.54) is 134 Å². The van der Waals surface area contributed by atoms with Gasteiger partial charge in [-0.15, -0.1) is 0 Å². The Kier molecular flexibility index (Phi) is 13.4. The van der Waals surface area contributed by atoms with E-state index in [1.54, 1.807) is 0 Å². The standard InChI is InChI=1S/C40H73NO/c1-7-9-10-11-12-13-15-26-42-27-16-14-17-32-22-24-40(6)36-23-25-39(5)34(31(4)19-18-30(3)8-2)20-21-35(39)33(36)29-38(41)37(40)28-32/h31-38H,3,7-29,41H2,1-2,4-6H3. The van der Waals surface area contributed by atoms with E-state index in [2.05, 4.69) is 41.2 Å².